The second-order valence-corrected chi connectivity index (χ2v) is 5.47. The molecule has 0 spiro atoms. The van der Waals surface area contributed by atoms with Gasteiger partial charge in [-0.1, -0.05) is 0 Å². The lowest BCUT2D eigenvalue weighted by Crippen LogP contribution is -2.32. The van der Waals surface area contributed by atoms with Crippen molar-refractivity contribution in [1.82, 2.24) is 10.6 Å². The fourth-order valence-electron chi connectivity index (χ4n) is 2.50. The van der Waals surface area contributed by atoms with E-state index < -0.39 is 0 Å². The Kier molecular flexibility index (Phi) is 2.67. The van der Waals surface area contributed by atoms with Crippen LogP contribution in [0, 0.1) is 17.7 Å². The Morgan fingerprint density at radius 1 is 1.41 bits per heavy atom. The number of hydrogen-bond acceptors (Lipinski definition) is 2. The minimum Gasteiger partial charge on any atom is -0.349 e. The first kappa shape index (κ1) is 11.2. The summed E-state index contributed by atoms with van der Waals surface area (Å²) >= 11 is 3.08. The van der Waals surface area contributed by atoms with E-state index in [1.54, 1.807) is 0 Å². The molecule has 1 amide bonds. The molecule has 17 heavy (non-hydrogen) atoms. The fourth-order valence-corrected chi connectivity index (χ4v) is 2.88. The molecule has 2 fully saturated rings. The zero-order chi connectivity index (χ0) is 12.0. The largest absolute Gasteiger partial charge is 0.349 e. The lowest BCUT2D eigenvalue weighted by atomic mass is 10.2. The van der Waals surface area contributed by atoms with Crippen molar-refractivity contribution in [3.63, 3.8) is 0 Å². The minimum absolute atomic E-state index is 0.120. The number of benzene rings is 1. The van der Waals surface area contributed by atoms with Crippen LogP contribution < -0.4 is 10.6 Å². The SMILES string of the molecule is O=C(NC1C2CNCC21)c1ccc(F)c(Br)c1. The molecular weight excluding hydrogens is 287 g/mol. The molecule has 1 aliphatic carbocycles. The van der Waals surface area contributed by atoms with Crippen LogP contribution in [0.15, 0.2) is 22.7 Å². The second-order valence-electron chi connectivity index (χ2n) is 4.61. The molecule has 1 saturated heterocycles. The Hall–Kier alpha value is -0.940. The molecule has 2 unspecified atom stereocenters. The van der Waals surface area contributed by atoms with Crippen LogP contribution in [0.3, 0.4) is 0 Å². The molecule has 0 bridgehead atoms. The van der Waals surface area contributed by atoms with E-state index in [-0.39, 0.29) is 11.7 Å². The molecule has 1 aliphatic heterocycles. The lowest BCUT2D eigenvalue weighted by molar-refractivity contribution is 0.0946. The predicted octanol–water partition coefficient (Wildman–Crippen LogP) is 1.54. The number of rotatable bonds is 2. The summed E-state index contributed by atoms with van der Waals surface area (Å²) in [5.41, 5.74) is 0.496. The number of fused-ring (bicyclic) bond motifs is 1. The summed E-state index contributed by atoms with van der Waals surface area (Å²) in [6.07, 6.45) is 0. The van der Waals surface area contributed by atoms with Crippen LogP contribution in [-0.2, 0) is 0 Å². The van der Waals surface area contributed by atoms with Crippen molar-refractivity contribution < 1.29 is 9.18 Å². The van der Waals surface area contributed by atoms with Crippen LogP contribution in [0.4, 0.5) is 4.39 Å². The molecule has 1 aromatic rings. The van der Waals surface area contributed by atoms with Gasteiger partial charge in [-0.15, -0.1) is 0 Å². The van der Waals surface area contributed by atoms with Gasteiger partial charge in [-0.25, -0.2) is 4.39 Å². The first-order chi connectivity index (χ1) is 8.16. The fraction of sp³-hybridized carbons (Fsp3) is 0.417. The number of piperidine rings is 1. The van der Waals surface area contributed by atoms with Crippen molar-refractivity contribution in [2.45, 2.75) is 6.04 Å². The van der Waals surface area contributed by atoms with Gasteiger partial charge in [0.25, 0.3) is 5.91 Å². The Morgan fingerprint density at radius 2 is 2.12 bits per heavy atom. The lowest BCUT2D eigenvalue weighted by Gasteiger charge is -2.08. The van der Waals surface area contributed by atoms with E-state index in [1.165, 1.54) is 18.2 Å². The van der Waals surface area contributed by atoms with E-state index >= 15 is 0 Å². The maximum absolute atomic E-state index is 13.0. The number of carbonyl (C=O) groups excluding carboxylic acids is 1. The summed E-state index contributed by atoms with van der Waals surface area (Å²) in [5, 5.41) is 6.27. The average Bonchev–Trinajstić information content (AvgIpc) is 2.76. The van der Waals surface area contributed by atoms with Crippen LogP contribution >= 0.6 is 15.9 Å². The third-order valence-electron chi connectivity index (χ3n) is 3.57. The minimum atomic E-state index is -0.353. The van der Waals surface area contributed by atoms with Gasteiger partial charge in [0.15, 0.2) is 0 Å². The zero-order valence-corrected chi connectivity index (χ0v) is 10.6. The average molecular weight is 299 g/mol. The summed E-state index contributed by atoms with van der Waals surface area (Å²) in [6, 6.07) is 4.62. The number of halogens is 2. The summed E-state index contributed by atoms with van der Waals surface area (Å²) in [7, 11) is 0. The van der Waals surface area contributed by atoms with Gasteiger partial charge >= 0.3 is 0 Å². The van der Waals surface area contributed by atoms with Gasteiger partial charge in [-0.2, -0.15) is 0 Å². The number of nitrogens with one attached hydrogen (secondary N) is 2. The Bertz CT molecular complexity index is 470. The molecular formula is C12H12BrFN2O. The molecule has 0 aromatic heterocycles. The van der Waals surface area contributed by atoms with E-state index in [0.29, 0.717) is 27.9 Å². The molecule has 1 saturated carbocycles. The smallest absolute Gasteiger partial charge is 0.251 e. The van der Waals surface area contributed by atoms with Crippen molar-refractivity contribution in [3.05, 3.63) is 34.1 Å². The first-order valence-corrected chi connectivity index (χ1v) is 6.43. The van der Waals surface area contributed by atoms with E-state index in [1.807, 2.05) is 0 Å². The highest BCUT2D eigenvalue weighted by atomic mass is 79.9. The zero-order valence-electron chi connectivity index (χ0n) is 9.04. The molecule has 3 rings (SSSR count). The Morgan fingerprint density at radius 3 is 2.76 bits per heavy atom. The monoisotopic (exact) mass is 298 g/mol. The van der Waals surface area contributed by atoms with Gasteiger partial charge in [-0.3, -0.25) is 4.79 Å². The molecule has 2 atom stereocenters. The maximum atomic E-state index is 13.0. The van der Waals surface area contributed by atoms with Crippen molar-refractivity contribution >= 4 is 21.8 Å². The summed E-state index contributed by atoms with van der Waals surface area (Å²) in [5.74, 6) is 0.699. The second kappa shape index (κ2) is 4.07. The third kappa shape index (κ3) is 1.98. The van der Waals surface area contributed by atoms with Gasteiger partial charge in [0.05, 0.1) is 4.47 Å². The van der Waals surface area contributed by atoms with Crippen LogP contribution in [0.1, 0.15) is 10.4 Å². The standard InChI is InChI=1S/C12H12BrFN2O/c13-9-3-6(1-2-10(9)14)12(17)16-11-7-4-15-5-8(7)11/h1-3,7-8,11,15H,4-5H2,(H,16,17). The molecule has 3 nitrogen and oxygen atoms in total. The van der Waals surface area contributed by atoms with Gasteiger partial charge in [-0.05, 0) is 46.0 Å². The van der Waals surface area contributed by atoms with Crippen molar-refractivity contribution in [1.29, 1.82) is 0 Å². The van der Waals surface area contributed by atoms with E-state index in [0.717, 1.165) is 13.1 Å². The highest BCUT2D eigenvalue weighted by Crippen LogP contribution is 2.41. The van der Waals surface area contributed by atoms with Crippen LogP contribution in [0.25, 0.3) is 0 Å². The summed E-state index contributed by atoms with van der Waals surface area (Å²) in [6.45, 7) is 1.98. The topological polar surface area (TPSA) is 41.1 Å². The van der Waals surface area contributed by atoms with E-state index in [9.17, 15) is 9.18 Å². The van der Waals surface area contributed by atoms with Gasteiger partial charge in [0, 0.05) is 24.7 Å². The number of carbonyl (C=O) groups is 1. The van der Waals surface area contributed by atoms with E-state index in [2.05, 4.69) is 26.6 Å². The summed E-state index contributed by atoms with van der Waals surface area (Å²) < 4.78 is 13.4. The van der Waals surface area contributed by atoms with Crippen molar-refractivity contribution in [3.8, 4) is 0 Å². The quantitative estimate of drug-likeness (QED) is 0.869. The molecule has 90 valence electrons. The molecule has 2 N–H and O–H groups in total. The Balaban J connectivity index is 1.68. The Labute approximate surface area is 107 Å². The van der Waals surface area contributed by atoms with Crippen LogP contribution in [0.2, 0.25) is 0 Å². The first-order valence-electron chi connectivity index (χ1n) is 5.63. The molecule has 2 aliphatic rings. The highest BCUT2D eigenvalue weighted by molar-refractivity contribution is 9.10. The number of amides is 1. The van der Waals surface area contributed by atoms with Gasteiger partial charge in [0.2, 0.25) is 0 Å². The predicted molar refractivity (Wildman–Crippen MR) is 65.2 cm³/mol. The van der Waals surface area contributed by atoms with Crippen LogP contribution in [0.5, 0.6) is 0 Å². The summed E-state index contributed by atoms with van der Waals surface area (Å²) in [4.78, 5) is 11.9. The van der Waals surface area contributed by atoms with Crippen LogP contribution in [-0.4, -0.2) is 25.0 Å². The highest BCUT2D eigenvalue weighted by Gasteiger charge is 2.53. The van der Waals surface area contributed by atoms with E-state index in [4.69, 9.17) is 0 Å². The third-order valence-corrected chi connectivity index (χ3v) is 4.18. The normalized spacial score (nSPS) is 29.9. The van der Waals surface area contributed by atoms with Crippen molar-refractivity contribution in [2.75, 3.05) is 13.1 Å². The molecule has 5 heteroatoms. The van der Waals surface area contributed by atoms with Gasteiger partial charge in [0.1, 0.15) is 5.82 Å². The number of hydrogen-bond donors (Lipinski definition) is 2. The van der Waals surface area contributed by atoms with Crippen molar-refractivity contribution in [2.24, 2.45) is 11.8 Å². The molecule has 1 aromatic carbocycles. The maximum Gasteiger partial charge on any atom is 0.251 e. The molecule has 0 radical (unpaired) electrons. The molecule has 1 heterocycles. The van der Waals surface area contributed by atoms with Gasteiger partial charge < -0.3 is 10.6 Å².